The average molecular weight is 376 g/mol. The Morgan fingerprint density at radius 3 is 2.63 bits per heavy atom. The van der Waals surface area contributed by atoms with Crippen LogP contribution in [-0.2, 0) is 16.1 Å². The number of carbonyl (C=O) groups excluding carboxylic acids is 3. The van der Waals surface area contributed by atoms with E-state index in [1.807, 2.05) is 26.0 Å². The van der Waals surface area contributed by atoms with E-state index >= 15 is 0 Å². The molecule has 1 aliphatic heterocycles. The fraction of sp³-hybridized carbons (Fsp3) is 0.591. The van der Waals surface area contributed by atoms with Gasteiger partial charge < -0.3 is 14.4 Å². The number of ketones is 1. The quantitative estimate of drug-likeness (QED) is 0.420. The zero-order chi connectivity index (χ0) is 20.2. The number of benzene rings is 1. The van der Waals surface area contributed by atoms with E-state index in [4.69, 9.17) is 4.74 Å². The van der Waals surface area contributed by atoms with Gasteiger partial charge in [0.2, 0.25) is 0 Å². The minimum Gasteiger partial charge on any atom is -0.493 e. The summed E-state index contributed by atoms with van der Waals surface area (Å²) in [5, 5.41) is 0. The maximum Gasteiger partial charge on any atom is 0.255 e. The molecule has 1 atom stereocenters. The first kappa shape index (κ1) is 22.9. The zero-order valence-electron chi connectivity index (χ0n) is 17.1. The molecular formula is C22H33NO4. The monoisotopic (exact) mass is 375 g/mol. The summed E-state index contributed by atoms with van der Waals surface area (Å²) in [5.41, 5.74) is 1.45. The van der Waals surface area contributed by atoms with Crippen molar-refractivity contribution in [2.75, 3.05) is 6.61 Å². The van der Waals surface area contributed by atoms with Crippen LogP contribution in [0.25, 0.3) is 0 Å². The Hall–Kier alpha value is -2.17. The van der Waals surface area contributed by atoms with E-state index in [1.165, 1.54) is 19.8 Å². The second-order valence-electron chi connectivity index (χ2n) is 6.49. The van der Waals surface area contributed by atoms with Gasteiger partial charge in [-0.15, -0.1) is 0 Å². The number of rotatable bonds is 11. The number of carbonyl (C=O) groups is 3. The fourth-order valence-electron chi connectivity index (χ4n) is 3.23. The molecule has 27 heavy (non-hydrogen) atoms. The first-order chi connectivity index (χ1) is 13.1. The van der Waals surface area contributed by atoms with Gasteiger partial charge in [0.15, 0.2) is 5.78 Å². The van der Waals surface area contributed by atoms with Crippen LogP contribution in [0, 0.1) is 0 Å². The third-order valence-corrected chi connectivity index (χ3v) is 4.61. The summed E-state index contributed by atoms with van der Waals surface area (Å²) in [7, 11) is 0. The highest BCUT2D eigenvalue weighted by Gasteiger charge is 2.36. The number of hydrogen-bond acceptors (Lipinski definition) is 4. The van der Waals surface area contributed by atoms with E-state index < -0.39 is 6.04 Å². The Labute approximate surface area is 163 Å². The summed E-state index contributed by atoms with van der Waals surface area (Å²) in [6.07, 6.45) is 5.92. The summed E-state index contributed by atoms with van der Waals surface area (Å²) in [6, 6.07) is 4.92. The lowest BCUT2D eigenvalue weighted by Crippen LogP contribution is -2.40. The molecule has 1 unspecified atom stereocenters. The van der Waals surface area contributed by atoms with Crippen LogP contribution in [-0.4, -0.2) is 35.5 Å². The highest BCUT2D eigenvalue weighted by molar-refractivity contribution is 6.01. The number of unbranched alkanes of at least 4 members (excludes halogenated alkanes) is 3. The molecule has 0 N–H and O–H groups in total. The van der Waals surface area contributed by atoms with Crippen LogP contribution in [0.5, 0.6) is 5.75 Å². The number of hydrogen-bond donors (Lipinski definition) is 0. The SMILES string of the molecule is CC.CCCCCCOc1cccc2c1CN(C(CCC=O)C(C)=O)C2=O. The van der Waals surface area contributed by atoms with Crippen molar-refractivity contribution in [3.8, 4) is 5.75 Å². The normalized spacial score (nSPS) is 13.5. The lowest BCUT2D eigenvalue weighted by atomic mass is 10.1. The molecule has 5 heteroatoms. The minimum atomic E-state index is -0.553. The van der Waals surface area contributed by atoms with Gasteiger partial charge >= 0.3 is 0 Å². The molecule has 1 aromatic carbocycles. The van der Waals surface area contributed by atoms with E-state index in [0.29, 0.717) is 25.1 Å². The van der Waals surface area contributed by atoms with Crippen molar-refractivity contribution in [3.05, 3.63) is 29.3 Å². The van der Waals surface area contributed by atoms with E-state index in [0.717, 1.165) is 30.4 Å². The van der Waals surface area contributed by atoms with Crippen LogP contribution < -0.4 is 4.74 Å². The summed E-state index contributed by atoms with van der Waals surface area (Å²) >= 11 is 0. The number of aldehydes is 1. The summed E-state index contributed by atoms with van der Waals surface area (Å²) < 4.78 is 5.89. The van der Waals surface area contributed by atoms with Crippen LogP contribution in [0.1, 0.15) is 82.1 Å². The van der Waals surface area contributed by atoms with Gasteiger partial charge in [-0.05, 0) is 31.9 Å². The molecule has 5 nitrogen and oxygen atoms in total. The number of ether oxygens (including phenoxy) is 1. The van der Waals surface area contributed by atoms with Gasteiger partial charge in [0.05, 0.1) is 19.2 Å². The van der Waals surface area contributed by atoms with Gasteiger partial charge in [-0.25, -0.2) is 0 Å². The summed E-state index contributed by atoms with van der Waals surface area (Å²) in [5.74, 6) is 0.477. The largest absolute Gasteiger partial charge is 0.493 e. The number of nitrogens with zero attached hydrogens (tertiary/aromatic N) is 1. The maximum absolute atomic E-state index is 12.7. The third-order valence-electron chi connectivity index (χ3n) is 4.61. The Morgan fingerprint density at radius 2 is 2.00 bits per heavy atom. The Bertz CT molecular complexity index is 627. The van der Waals surface area contributed by atoms with E-state index in [-0.39, 0.29) is 18.1 Å². The highest BCUT2D eigenvalue weighted by Crippen LogP contribution is 2.33. The van der Waals surface area contributed by atoms with Crippen molar-refractivity contribution >= 4 is 18.0 Å². The Kier molecular flexibility index (Phi) is 10.4. The molecule has 0 fully saturated rings. The standard InChI is InChI=1S/C20H27NO4.C2H6/c1-3-4-5-6-13-25-19-11-7-9-16-17(19)14-21(20(16)24)18(15(2)23)10-8-12-22;1-2/h7,9,11-12,18H,3-6,8,10,13-14H2,1-2H3;1-2H3. The van der Waals surface area contributed by atoms with Crippen LogP contribution in [0.3, 0.4) is 0 Å². The van der Waals surface area contributed by atoms with Crippen molar-refractivity contribution in [3.63, 3.8) is 0 Å². The van der Waals surface area contributed by atoms with Crippen LogP contribution in [0.4, 0.5) is 0 Å². The molecule has 0 aromatic heterocycles. The van der Waals surface area contributed by atoms with Crippen molar-refractivity contribution in [1.82, 2.24) is 4.90 Å². The molecule has 0 saturated heterocycles. The molecule has 2 rings (SSSR count). The molecule has 0 bridgehead atoms. The first-order valence-electron chi connectivity index (χ1n) is 10.1. The lowest BCUT2D eigenvalue weighted by molar-refractivity contribution is -0.121. The second kappa shape index (κ2) is 12.3. The van der Waals surface area contributed by atoms with Crippen molar-refractivity contribution in [2.24, 2.45) is 0 Å². The molecular weight excluding hydrogens is 342 g/mol. The molecule has 1 heterocycles. The number of Topliss-reactive ketones (excluding diaryl/α,β-unsaturated/α-hetero) is 1. The summed E-state index contributed by atoms with van der Waals surface area (Å²) in [6.45, 7) is 8.63. The van der Waals surface area contributed by atoms with Gasteiger partial charge in [-0.3, -0.25) is 9.59 Å². The first-order valence-corrected chi connectivity index (χ1v) is 10.1. The second-order valence-corrected chi connectivity index (χ2v) is 6.49. The predicted molar refractivity (Wildman–Crippen MR) is 107 cm³/mol. The lowest BCUT2D eigenvalue weighted by Gasteiger charge is -2.25. The van der Waals surface area contributed by atoms with Gasteiger partial charge in [-0.1, -0.05) is 46.1 Å². The van der Waals surface area contributed by atoms with Crippen LogP contribution >= 0.6 is 0 Å². The Morgan fingerprint density at radius 1 is 1.26 bits per heavy atom. The molecule has 150 valence electrons. The van der Waals surface area contributed by atoms with Crippen molar-refractivity contribution in [2.45, 2.75) is 78.8 Å². The number of fused-ring (bicyclic) bond motifs is 1. The fourth-order valence-corrected chi connectivity index (χ4v) is 3.23. The molecule has 0 spiro atoms. The van der Waals surface area contributed by atoms with Crippen LogP contribution in [0.2, 0.25) is 0 Å². The molecule has 0 saturated carbocycles. The molecule has 1 amide bonds. The average Bonchev–Trinajstić information content (AvgIpc) is 3.01. The topological polar surface area (TPSA) is 63.7 Å². The molecule has 1 aliphatic rings. The van der Waals surface area contributed by atoms with Gasteiger partial charge in [-0.2, -0.15) is 0 Å². The van der Waals surface area contributed by atoms with E-state index in [2.05, 4.69) is 6.92 Å². The molecule has 1 aromatic rings. The smallest absolute Gasteiger partial charge is 0.255 e. The molecule has 0 radical (unpaired) electrons. The van der Waals surface area contributed by atoms with Crippen LogP contribution in [0.15, 0.2) is 18.2 Å². The van der Waals surface area contributed by atoms with Gasteiger partial charge in [0.25, 0.3) is 5.91 Å². The zero-order valence-corrected chi connectivity index (χ0v) is 17.1. The predicted octanol–water partition coefficient (Wildman–Crippen LogP) is 4.56. The third kappa shape index (κ3) is 6.19. The van der Waals surface area contributed by atoms with Gasteiger partial charge in [0.1, 0.15) is 12.0 Å². The van der Waals surface area contributed by atoms with Crippen molar-refractivity contribution in [1.29, 1.82) is 0 Å². The Balaban J connectivity index is 0.00000176. The maximum atomic E-state index is 12.7. The highest BCUT2D eigenvalue weighted by atomic mass is 16.5. The van der Waals surface area contributed by atoms with Crippen molar-refractivity contribution < 1.29 is 19.1 Å². The number of amides is 1. The van der Waals surface area contributed by atoms with E-state index in [1.54, 1.807) is 11.0 Å². The summed E-state index contributed by atoms with van der Waals surface area (Å²) in [4.78, 5) is 36.9. The molecule has 0 aliphatic carbocycles. The van der Waals surface area contributed by atoms with Gasteiger partial charge in [0, 0.05) is 17.5 Å². The van der Waals surface area contributed by atoms with E-state index in [9.17, 15) is 14.4 Å². The minimum absolute atomic E-state index is 0.0926.